The number of Topliss-reactive ketones (excluding diaryl/α,β-unsaturated/α-hetero) is 1. The van der Waals surface area contributed by atoms with Crippen LogP contribution >= 0.6 is 0 Å². The summed E-state index contributed by atoms with van der Waals surface area (Å²) < 4.78 is 22.8. The Balaban J connectivity index is 2.26. The molecule has 1 atom stereocenters. The molecule has 0 radical (unpaired) electrons. The third-order valence-corrected chi connectivity index (χ3v) is 4.39. The van der Waals surface area contributed by atoms with Crippen molar-refractivity contribution < 1.29 is 13.2 Å². The molecule has 0 saturated carbocycles. The molecule has 0 aliphatic carbocycles. The Morgan fingerprint density at radius 2 is 1.50 bits per heavy atom. The van der Waals surface area contributed by atoms with Gasteiger partial charge in [0.05, 0.1) is 4.90 Å². The fraction of sp³-hybridized carbons (Fsp3) is 0.188. The van der Waals surface area contributed by atoms with Crippen LogP contribution in [0, 0.1) is 0 Å². The number of hydrogen-bond donors (Lipinski definition) is 0. The molecule has 0 aliphatic heterocycles. The Kier molecular flexibility index (Phi) is 4.04. The van der Waals surface area contributed by atoms with Crippen LogP contribution in [0.4, 0.5) is 0 Å². The van der Waals surface area contributed by atoms with Gasteiger partial charge < -0.3 is 0 Å². The lowest BCUT2D eigenvalue weighted by atomic mass is 9.92. The molecule has 0 aromatic heterocycles. The van der Waals surface area contributed by atoms with E-state index >= 15 is 0 Å². The molecule has 104 valence electrons. The molecule has 0 amide bonds. The Morgan fingerprint density at radius 3 is 2.00 bits per heavy atom. The van der Waals surface area contributed by atoms with Gasteiger partial charge in [-0.05, 0) is 17.7 Å². The maximum Gasteiger partial charge on any atom is 0.175 e. The van der Waals surface area contributed by atoms with Crippen molar-refractivity contribution in [3.8, 4) is 0 Å². The van der Waals surface area contributed by atoms with Crippen molar-refractivity contribution >= 4 is 15.6 Å². The van der Waals surface area contributed by atoms with Gasteiger partial charge in [-0.25, -0.2) is 8.42 Å². The smallest absolute Gasteiger partial charge is 0.175 e. The quantitative estimate of drug-likeness (QED) is 0.812. The van der Waals surface area contributed by atoms with E-state index in [1.54, 1.807) is 36.4 Å². The Bertz CT molecular complexity index is 701. The molecule has 0 N–H and O–H groups in total. The lowest BCUT2D eigenvalue weighted by Crippen LogP contribution is -2.09. The van der Waals surface area contributed by atoms with E-state index in [1.165, 1.54) is 6.26 Å². The second-order valence-electron chi connectivity index (χ2n) is 4.79. The first kappa shape index (κ1) is 14.5. The van der Waals surface area contributed by atoms with Crippen LogP contribution in [0.25, 0.3) is 0 Å². The van der Waals surface area contributed by atoms with Gasteiger partial charge in [-0.15, -0.1) is 0 Å². The van der Waals surface area contributed by atoms with Gasteiger partial charge in [0.15, 0.2) is 15.6 Å². The van der Waals surface area contributed by atoms with Crippen molar-refractivity contribution in [1.29, 1.82) is 0 Å². The first-order valence-corrected chi connectivity index (χ1v) is 8.18. The van der Waals surface area contributed by atoms with Gasteiger partial charge in [0, 0.05) is 17.7 Å². The number of benzene rings is 2. The van der Waals surface area contributed by atoms with Crippen LogP contribution in [0.2, 0.25) is 0 Å². The molecule has 20 heavy (non-hydrogen) atoms. The van der Waals surface area contributed by atoms with Gasteiger partial charge in [-0.1, -0.05) is 49.4 Å². The first-order chi connectivity index (χ1) is 9.39. The fourth-order valence-corrected chi connectivity index (χ4v) is 2.64. The summed E-state index contributed by atoms with van der Waals surface area (Å²) in [6.07, 6.45) is 1.17. The summed E-state index contributed by atoms with van der Waals surface area (Å²) in [5.41, 5.74) is 1.47. The highest BCUT2D eigenvalue weighted by molar-refractivity contribution is 7.90. The van der Waals surface area contributed by atoms with E-state index in [1.807, 2.05) is 25.1 Å². The average molecular weight is 288 g/mol. The third kappa shape index (κ3) is 3.14. The molecular formula is C16H16O3S. The van der Waals surface area contributed by atoms with E-state index in [-0.39, 0.29) is 16.6 Å². The molecule has 2 aromatic rings. The minimum Gasteiger partial charge on any atom is -0.294 e. The van der Waals surface area contributed by atoms with Crippen LogP contribution in [0.15, 0.2) is 59.5 Å². The van der Waals surface area contributed by atoms with Gasteiger partial charge in [-0.2, -0.15) is 0 Å². The number of carbonyl (C=O) groups is 1. The molecule has 0 aliphatic rings. The standard InChI is InChI=1S/C16H16O3S/c1-12(16(17)14-6-4-3-5-7-14)13-8-10-15(11-9-13)20(2,18)19/h3-12H,1-2H3. The minimum atomic E-state index is -3.20. The molecule has 2 aromatic carbocycles. The Morgan fingerprint density at radius 1 is 0.950 bits per heavy atom. The molecule has 3 nitrogen and oxygen atoms in total. The molecular weight excluding hydrogens is 272 g/mol. The van der Waals surface area contributed by atoms with Crippen molar-refractivity contribution in [3.05, 3.63) is 65.7 Å². The van der Waals surface area contributed by atoms with E-state index < -0.39 is 9.84 Å². The maximum atomic E-state index is 12.3. The van der Waals surface area contributed by atoms with Gasteiger partial charge in [-0.3, -0.25) is 4.79 Å². The van der Waals surface area contributed by atoms with E-state index in [2.05, 4.69) is 0 Å². The number of hydrogen-bond acceptors (Lipinski definition) is 3. The zero-order valence-corrected chi connectivity index (χ0v) is 12.2. The maximum absolute atomic E-state index is 12.3. The average Bonchev–Trinajstić information content (AvgIpc) is 2.46. The van der Waals surface area contributed by atoms with E-state index in [0.717, 1.165) is 5.56 Å². The zero-order chi connectivity index (χ0) is 14.8. The Labute approximate surface area is 119 Å². The lowest BCUT2D eigenvalue weighted by molar-refractivity contribution is 0.0966. The largest absolute Gasteiger partial charge is 0.294 e. The van der Waals surface area contributed by atoms with Gasteiger partial charge in [0.1, 0.15) is 0 Å². The molecule has 0 saturated heterocycles. The molecule has 1 unspecified atom stereocenters. The Hall–Kier alpha value is -1.94. The SMILES string of the molecule is CC(C(=O)c1ccccc1)c1ccc(S(C)(=O)=O)cc1. The number of rotatable bonds is 4. The first-order valence-electron chi connectivity index (χ1n) is 6.29. The van der Waals surface area contributed by atoms with E-state index in [0.29, 0.717) is 5.56 Å². The van der Waals surface area contributed by atoms with Gasteiger partial charge in [0.2, 0.25) is 0 Å². The van der Waals surface area contributed by atoms with Crippen LogP contribution in [-0.2, 0) is 9.84 Å². The molecule has 0 fully saturated rings. The minimum absolute atomic E-state index is 0.0257. The van der Waals surface area contributed by atoms with Crippen LogP contribution in [0.3, 0.4) is 0 Å². The normalized spacial score (nSPS) is 12.9. The highest BCUT2D eigenvalue weighted by Gasteiger charge is 2.17. The number of sulfone groups is 1. The monoisotopic (exact) mass is 288 g/mol. The van der Waals surface area contributed by atoms with E-state index in [9.17, 15) is 13.2 Å². The van der Waals surface area contributed by atoms with Gasteiger partial charge >= 0.3 is 0 Å². The molecule has 0 heterocycles. The summed E-state index contributed by atoms with van der Waals surface area (Å²) in [6.45, 7) is 1.82. The summed E-state index contributed by atoms with van der Waals surface area (Å²) in [4.78, 5) is 12.6. The number of carbonyl (C=O) groups excluding carboxylic acids is 1. The van der Waals surface area contributed by atoms with Crippen molar-refractivity contribution in [2.24, 2.45) is 0 Å². The van der Waals surface area contributed by atoms with Crippen molar-refractivity contribution in [2.45, 2.75) is 17.7 Å². The van der Waals surface area contributed by atoms with E-state index in [4.69, 9.17) is 0 Å². The van der Waals surface area contributed by atoms with Crippen molar-refractivity contribution in [2.75, 3.05) is 6.26 Å². The van der Waals surface area contributed by atoms with Crippen molar-refractivity contribution in [3.63, 3.8) is 0 Å². The molecule has 0 spiro atoms. The van der Waals surface area contributed by atoms with Crippen LogP contribution in [-0.4, -0.2) is 20.5 Å². The predicted octanol–water partition coefficient (Wildman–Crippen LogP) is 3.08. The second kappa shape index (κ2) is 5.59. The highest BCUT2D eigenvalue weighted by Crippen LogP contribution is 2.22. The third-order valence-electron chi connectivity index (χ3n) is 3.26. The molecule has 2 rings (SSSR count). The highest BCUT2D eigenvalue weighted by atomic mass is 32.2. The topological polar surface area (TPSA) is 51.2 Å². The fourth-order valence-electron chi connectivity index (χ4n) is 2.01. The summed E-state index contributed by atoms with van der Waals surface area (Å²) in [6, 6.07) is 15.6. The van der Waals surface area contributed by atoms with Crippen LogP contribution in [0.5, 0.6) is 0 Å². The molecule has 4 heteroatoms. The summed E-state index contributed by atoms with van der Waals surface area (Å²) >= 11 is 0. The number of ketones is 1. The van der Waals surface area contributed by atoms with Gasteiger partial charge in [0.25, 0.3) is 0 Å². The lowest BCUT2D eigenvalue weighted by Gasteiger charge is -2.11. The summed E-state index contributed by atoms with van der Waals surface area (Å²) in [7, 11) is -3.20. The molecule has 0 bridgehead atoms. The van der Waals surface area contributed by atoms with Crippen molar-refractivity contribution in [1.82, 2.24) is 0 Å². The zero-order valence-electron chi connectivity index (χ0n) is 11.4. The predicted molar refractivity (Wildman–Crippen MR) is 78.7 cm³/mol. The summed E-state index contributed by atoms with van der Waals surface area (Å²) in [5.74, 6) is -0.274. The van der Waals surface area contributed by atoms with Crippen LogP contribution in [0.1, 0.15) is 28.8 Å². The summed E-state index contributed by atoms with van der Waals surface area (Å²) in [5, 5.41) is 0. The van der Waals surface area contributed by atoms with Crippen LogP contribution < -0.4 is 0 Å². The second-order valence-corrected chi connectivity index (χ2v) is 6.81.